The summed E-state index contributed by atoms with van der Waals surface area (Å²) in [6.45, 7) is 0.385. The number of hydrogen-bond acceptors (Lipinski definition) is 4. The predicted octanol–water partition coefficient (Wildman–Crippen LogP) is 4.20. The minimum atomic E-state index is -0.0448. The lowest BCUT2D eigenvalue weighted by Crippen LogP contribution is -2.29. The highest BCUT2D eigenvalue weighted by Gasteiger charge is 2.20. The number of furan rings is 1. The maximum absolute atomic E-state index is 12.8. The highest BCUT2D eigenvalue weighted by atomic mass is 32.1. The van der Waals surface area contributed by atoms with Crippen molar-refractivity contribution < 1.29 is 13.9 Å². The third-order valence-corrected chi connectivity index (χ3v) is 4.11. The van der Waals surface area contributed by atoms with Crippen molar-refractivity contribution in [2.24, 2.45) is 0 Å². The van der Waals surface area contributed by atoms with E-state index in [1.54, 1.807) is 18.3 Å². The van der Waals surface area contributed by atoms with E-state index in [9.17, 15) is 4.79 Å². The van der Waals surface area contributed by atoms with Gasteiger partial charge >= 0.3 is 0 Å². The fraction of sp³-hybridized carbons (Fsp3) is 0.118. The van der Waals surface area contributed by atoms with Gasteiger partial charge in [-0.3, -0.25) is 4.79 Å². The van der Waals surface area contributed by atoms with Gasteiger partial charge < -0.3 is 14.1 Å². The Bertz CT molecular complexity index is 718. The zero-order chi connectivity index (χ0) is 15.4. The number of carbonyl (C=O) groups excluding carboxylic acids is 1. The van der Waals surface area contributed by atoms with Gasteiger partial charge in [-0.2, -0.15) is 0 Å². The monoisotopic (exact) mass is 313 g/mol. The predicted molar refractivity (Wildman–Crippen MR) is 86.5 cm³/mol. The molecule has 4 nitrogen and oxygen atoms in total. The van der Waals surface area contributed by atoms with Crippen LogP contribution in [0.2, 0.25) is 0 Å². The molecule has 0 unspecified atom stereocenters. The van der Waals surface area contributed by atoms with Crippen molar-refractivity contribution in [2.75, 3.05) is 12.0 Å². The Labute approximate surface area is 132 Å². The van der Waals surface area contributed by atoms with Crippen LogP contribution >= 0.6 is 11.3 Å². The second kappa shape index (κ2) is 6.49. The summed E-state index contributed by atoms with van der Waals surface area (Å²) in [7, 11) is 1.62. The first-order valence-corrected chi connectivity index (χ1v) is 7.67. The van der Waals surface area contributed by atoms with Crippen LogP contribution in [-0.2, 0) is 6.54 Å². The number of ether oxygens (including phenoxy) is 1. The van der Waals surface area contributed by atoms with Crippen LogP contribution < -0.4 is 9.64 Å². The van der Waals surface area contributed by atoms with E-state index in [4.69, 9.17) is 9.15 Å². The fourth-order valence-electron chi connectivity index (χ4n) is 2.13. The van der Waals surface area contributed by atoms with E-state index >= 15 is 0 Å². The molecule has 0 atom stereocenters. The van der Waals surface area contributed by atoms with Crippen molar-refractivity contribution in [2.45, 2.75) is 6.54 Å². The molecule has 0 aliphatic rings. The number of benzene rings is 1. The SMILES string of the molecule is COc1ccc(N(Cc2ccco2)C(=O)c2cccs2)cc1. The first-order chi connectivity index (χ1) is 10.8. The Hall–Kier alpha value is -2.53. The third kappa shape index (κ3) is 3.04. The van der Waals surface area contributed by atoms with Crippen LogP contribution in [0.5, 0.6) is 5.75 Å². The molecule has 112 valence electrons. The van der Waals surface area contributed by atoms with Gasteiger partial charge in [-0.1, -0.05) is 6.07 Å². The number of rotatable bonds is 5. The molecule has 3 aromatic rings. The Morgan fingerprint density at radius 3 is 2.59 bits per heavy atom. The quantitative estimate of drug-likeness (QED) is 0.709. The number of anilines is 1. The van der Waals surface area contributed by atoms with Crippen molar-refractivity contribution in [1.29, 1.82) is 0 Å². The Morgan fingerprint density at radius 2 is 2.00 bits per heavy atom. The summed E-state index contributed by atoms with van der Waals surface area (Å²) in [6, 6.07) is 14.8. The number of nitrogens with zero attached hydrogens (tertiary/aromatic N) is 1. The summed E-state index contributed by atoms with van der Waals surface area (Å²) in [5.74, 6) is 1.45. The lowest BCUT2D eigenvalue weighted by Gasteiger charge is -2.21. The highest BCUT2D eigenvalue weighted by molar-refractivity contribution is 7.12. The van der Waals surface area contributed by atoms with Gasteiger partial charge in [-0.15, -0.1) is 11.3 Å². The van der Waals surface area contributed by atoms with Crippen molar-refractivity contribution in [3.63, 3.8) is 0 Å². The topological polar surface area (TPSA) is 42.7 Å². The smallest absolute Gasteiger partial charge is 0.268 e. The maximum atomic E-state index is 12.8. The Balaban J connectivity index is 1.92. The Morgan fingerprint density at radius 1 is 1.18 bits per heavy atom. The summed E-state index contributed by atoms with van der Waals surface area (Å²) in [5, 5.41) is 1.90. The normalized spacial score (nSPS) is 10.4. The van der Waals surface area contributed by atoms with Crippen molar-refractivity contribution >= 4 is 22.9 Å². The van der Waals surface area contributed by atoms with Crippen LogP contribution in [0.25, 0.3) is 0 Å². The molecule has 0 fully saturated rings. The molecule has 0 aliphatic heterocycles. The minimum absolute atomic E-state index is 0.0448. The molecule has 2 aromatic heterocycles. The highest BCUT2D eigenvalue weighted by Crippen LogP contribution is 2.24. The van der Waals surface area contributed by atoms with Gasteiger partial charge in [0.2, 0.25) is 0 Å². The molecule has 3 rings (SSSR count). The van der Waals surface area contributed by atoms with Crippen molar-refractivity contribution in [3.05, 3.63) is 70.8 Å². The number of hydrogen-bond donors (Lipinski definition) is 0. The van der Waals surface area contributed by atoms with Crippen LogP contribution in [-0.4, -0.2) is 13.0 Å². The summed E-state index contributed by atoms with van der Waals surface area (Å²) in [4.78, 5) is 15.1. The molecule has 1 aromatic carbocycles. The van der Waals surface area contributed by atoms with Gasteiger partial charge in [0.15, 0.2) is 0 Å². The first-order valence-electron chi connectivity index (χ1n) is 6.80. The number of amides is 1. The zero-order valence-corrected chi connectivity index (χ0v) is 12.9. The average Bonchev–Trinajstić information content (AvgIpc) is 3.25. The van der Waals surface area contributed by atoms with Crippen LogP contribution in [0.1, 0.15) is 15.4 Å². The van der Waals surface area contributed by atoms with Gasteiger partial charge in [-0.05, 0) is 47.8 Å². The zero-order valence-electron chi connectivity index (χ0n) is 12.1. The summed E-state index contributed by atoms with van der Waals surface area (Å²) >= 11 is 1.43. The second-order valence-corrected chi connectivity index (χ2v) is 5.59. The first kappa shape index (κ1) is 14.4. The van der Waals surface area contributed by atoms with Gasteiger partial charge in [0.05, 0.1) is 24.8 Å². The van der Waals surface area contributed by atoms with E-state index in [1.165, 1.54) is 11.3 Å². The Kier molecular flexibility index (Phi) is 4.25. The second-order valence-electron chi connectivity index (χ2n) is 4.65. The summed E-state index contributed by atoms with van der Waals surface area (Å²) < 4.78 is 10.6. The number of methoxy groups -OCH3 is 1. The number of carbonyl (C=O) groups is 1. The minimum Gasteiger partial charge on any atom is -0.497 e. The van der Waals surface area contributed by atoms with E-state index in [1.807, 2.05) is 53.9 Å². The fourth-order valence-corrected chi connectivity index (χ4v) is 2.81. The van der Waals surface area contributed by atoms with Crippen LogP contribution in [0.4, 0.5) is 5.69 Å². The molecule has 0 spiro atoms. The molecule has 5 heteroatoms. The van der Waals surface area contributed by atoms with E-state index in [0.29, 0.717) is 11.4 Å². The molecule has 0 saturated heterocycles. The van der Waals surface area contributed by atoms with Gasteiger partial charge in [-0.25, -0.2) is 0 Å². The van der Waals surface area contributed by atoms with E-state index in [0.717, 1.165) is 17.2 Å². The van der Waals surface area contributed by atoms with Crippen LogP contribution in [0, 0.1) is 0 Å². The third-order valence-electron chi connectivity index (χ3n) is 3.26. The van der Waals surface area contributed by atoms with E-state index < -0.39 is 0 Å². The molecule has 0 radical (unpaired) electrons. The van der Waals surface area contributed by atoms with E-state index in [-0.39, 0.29) is 5.91 Å². The van der Waals surface area contributed by atoms with Gasteiger partial charge in [0.1, 0.15) is 11.5 Å². The molecule has 0 saturated carbocycles. The lowest BCUT2D eigenvalue weighted by molar-refractivity contribution is 0.0987. The molecular weight excluding hydrogens is 298 g/mol. The molecule has 2 heterocycles. The van der Waals surface area contributed by atoms with Gasteiger partial charge in [0, 0.05) is 5.69 Å². The molecular formula is C17H15NO3S. The van der Waals surface area contributed by atoms with Gasteiger partial charge in [0.25, 0.3) is 5.91 Å². The molecule has 0 N–H and O–H groups in total. The molecule has 0 aliphatic carbocycles. The van der Waals surface area contributed by atoms with Crippen molar-refractivity contribution in [3.8, 4) is 5.75 Å². The molecule has 22 heavy (non-hydrogen) atoms. The van der Waals surface area contributed by atoms with Crippen molar-refractivity contribution in [1.82, 2.24) is 0 Å². The lowest BCUT2D eigenvalue weighted by atomic mass is 10.2. The maximum Gasteiger partial charge on any atom is 0.268 e. The van der Waals surface area contributed by atoms with E-state index in [2.05, 4.69) is 0 Å². The molecule has 0 bridgehead atoms. The standard InChI is InChI=1S/C17H15NO3S/c1-20-14-8-6-13(7-9-14)18(12-15-4-2-10-21-15)17(19)16-5-3-11-22-16/h2-11H,12H2,1H3. The largest absolute Gasteiger partial charge is 0.497 e. The molecule has 1 amide bonds. The van der Waals surface area contributed by atoms with Crippen LogP contribution in [0.3, 0.4) is 0 Å². The average molecular weight is 313 g/mol. The summed E-state index contributed by atoms with van der Waals surface area (Å²) in [6.07, 6.45) is 1.61. The number of thiophene rings is 1. The van der Waals surface area contributed by atoms with Crippen LogP contribution in [0.15, 0.2) is 64.6 Å². The summed E-state index contributed by atoms with van der Waals surface area (Å²) in [5.41, 5.74) is 0.801.